The summed E-state index contributed by atoms with van der Waals surface area (Å²) < 4.78 is 5.13. The van der Waals surface area contributed by atoms with Crippen LogP contribution in [-0.2, 0) is 0 Å². The Morgan fingerprint density at radius 1 is 1.12 bits per heavy atom. The molecule has 1 heterocycles. The molecule has 3 rings (SSSR count). The van der Waals surface area contributed by atoms with E-state index in [1.807, 2.05) is 0 Å². The van der Waals surface area contributed by atoms with Gasteiger partial charge in [-0.05, 0) is 30.0 Å². The van der Waals surface area contributed by atoms with Gasteiger partial charge in [-0.2, -0.15) is 0 Å². The third-order valence-corrected chi connectivity index (χ3v) is 4.18. The van der Waals surface area contributed by atoms with E-state index in [9.17, 15) is 20.2 Å². The van der Waals surface area contributed by atoms with Crippen LogP contribution in [-0.4, -0.2) is 26.9 Å². The van der Waals surface area contributed by atoms with Gasteiger partial charge in [-0.3, -0.25) is 20.2 Å². The second kappa shape index (κ2) is 6.16. The van der Waals surface area contributed by atoms with Gasteiger partial charge >= 0.3 is 0 Å². The van der Waals surface area contributed by atoms with E-state index in [2.05, 4.69) is 9.97 Å². The molecule has 10 heteroatoms. The fourth-order valence-corrected chi connectivity index (χ4v) is 2.98. The minimum absolute atomic E-state index is 0.261. The highest BCUT2D eigenvalue weighted by molar-refractivity contribution is 7.99. The maximum atomic E-state index is 11.2. The molecule has 0 radical (unpaired) electrons. The second-order valence-electron chi connectivity index (χ2n) is 4.69. The monoisotopic (exact) mass is 346 g/mol. The minimum Gasteiger partial charge on any atom is -0.497 e. The molecule has 24 heavy (non-hydrogen) atoms. The number of ether oxygens (including phenoxy) is 1. The fourth-order valence-electron chi connectivity index (χ4n) is 2.09. The number of rotatable bonds is 5. The first-order valence-corrected chi connectivity index (χ1v) is 7.44. The Bertz CT molecular complexity index is 955. The molecule has 2 aromatic carbocycles. The van der Waals surface area contributed by atoms with Crippen molar-refractivity contribution >= 4 is 34.2 Å². The molecule has 3 aromatic rings. The first-order chi connectivity index (χ1) is 11.5. The number of aromatic nitrogens is 2. The lowest BCUT2D eigenvalue weighted by molar-refractivity contribution is -0.396. The minimum atomic E-state index is -0.672. The Balaban J connectivity index is 1.98. The van der Waals surface area contributed by atoms with Crippen molar-refractivity contribution in [3.8, 4) is 5.75 Å². The molecule has 0 aliphatic heterocycles. The van der Waals surface area contributed by atoms with Gasteiger partial charge in [-0.1, -0.05) is 0 Å². The number of nitrogens with one attached hydrogen (secondary N) is 1. The number of aromatic amines is 1. The zero-order valence-corrected chi connectivity index (χ0v) is 13.1. The average Bonchev–Trinajstić information content (AvgIpc) is 2.95. The van der Waals surface area contributed by atoms with E-state index in [4.69, 9.17) is 4.74 Å². The Labute approximate surface area is 139 Å². The summed E-state index contributed by atoms with van der Waals surface area (Å²) in [7, 11) is 1.55. The molecule has 9 nitrogen and oxygen atoms in total. The summed E-state index contributed by atoms with van der Waals surface area (Å²) in [6, 6.07) is 8.78. The van der Waals surface area contributed by atoms with Gasteiger partial charge in [0, 0.05) is 12.1 Å². The molecule has 0 aliphatic rings. The first-order valence-electron chi connectivity index (χ1n) is 6.62. The van der Waals surface area contributed by atoms with E-state index in [1.54, 1.807) is 25.3 Å². The van der Waals surface area contributed by atoms with Crippen molar-refractivity contribution in [3.05, 3.63) is 56.6 Å². The molecule has 1 N–H and O–H groups in total. The summed E-state index contributed by atoms with van der Waals surface area (Å²) in [5.41, 5.74) is 0.733. The number of hydrogen-bond donors (Lipinski definition) is 1. The van der Waals surface area contributed by atoms with Gasteiger partial charge in [-0.25, -0.2) is 4.98 Å². The Hall–Kier alpha value is -3.14. The molecule has 0 unspecified atom stereocenters. The lowest BCUT2D eigenvalue weighted by Crippen LogP contribution is -1.94. The van der Waals surface area contributed by atoms with Crippen molar-refractivity contribution in [3.63, 3.8) is 0 Å². The molecule has 0 spiro atoms. The van der Waals surface area contributed by atoms with E-state index in [0.717, 1.165) is 23.3 Å². The van der Waals surface area contributed by atoms with E-state index in [1.165, 1.54) is 12.1 Å². The highest BCUT2D eigenvalue weighted by Gasteiger charge is 2.21. The summed E-state index contributed by atoms with van der Waals surface area (Å²) in [4.78, 5) is 28.2. The van der Waals surface area contributed by atoms with Gasteiger partial charge in [0.25, 0.3) is 11.4 Å². The van der Waals surface area contributed by atoms with Crippen LogP contribution in [0.3, 0.4) is 0 Å². The quantitative estimate of drug-likeness (QED) is 0.553. The summed E-state index contributed by atoms with van der Waals surface area (Å²) in [5, 5.41) is 22.4. The lowest BCUT2D eigenvalue weighted by atomic mass is 10.3. The Morgan fingerprint density at radius 2 is 1.92 bits per heavy atom. The third kappa shape index (κ3) is 2.99. The molecule has 0 aliphatic carbocycles. The number of H-pyrrole nitrogens is 1. The second-order valence-corrected chi connectivity index (χ2v) is 5.72. The SMILES string of the molecule is COc1ccc2nc(Sc3ccc([N+](=O)[O-])cc3[N+](=O)[O-])[nH]c2c1. The number of nitrogens with zero attached hydrogens (tertiary/aromatic N) is 3. The zero-order valence-electron chi connectivity index (χ0n) is 12.3. The van der Waals surface area contributed by atoms with Crippen LogP contribution in [0.4, 0.5) is 11.4 Å². The molecule has 0 saturated carbocycles. The van der Waals surface area contributed by atoms with Gasteiger partial charge < -0.3 is 9.72 Å². The molecule has 0 atom stereocenters. The summed E-state index contributed by atoms with van der Waals surface area (Å²) in [6.07, 6.45) is 0. The Kier molecular flexibility index (Phi) is 4.04. The number of non-ortho nitro benzene ring substituents is 1. The molecule has 0 fully saturated rings. The molecule has 122 valence electrons. The van der Waals surface area contributed by atoms with Gasteiger partial charge in [0.05, 0.1) is 39.0 Å². The van der Waals surface area contributed by atoms with Crippen molar-refractivity contribution in [2.45, 2.75) is 10.1 Å². The maximum absolute atomic E-state index is 11.2. The number of imidazole rings is 1. The van der Waals surface area contributed by atoms with E-state index < -0.39 is 9.85 Å². The summed E-state index contributed by atoms with van der Waals surface area (Å²) >= 11 is 1.03. The predicted molar refractivity (Wildman–Crippen MR) is 86.5 cm³/mol. The normalized spacial score (nSPS) is 10.7. The number of fused-ring (bicyclic) bond motifs is 1. The third-order valence-electron chi connectivity index (χ3n) is 3.22. The highest BCUT2D eigenvalue weighted by atomic mass is 32.2. The summed E-state index contributed by atoms with van der Waals surface area (Å²) in [6.45, 7) is 0. The summed E-state index contributed by atoms with van der Waals surface area (Å²) in [5.74, 6) is 0.656. The number of benzene rings is 2. The van der Waals surface area contributed by atoms with Gasteiger partial charge in [-0.15, -0.1) is 0 Å². The smallest absolute Gasteiger partial charge is 0.290 e. The van der Waals surface area contributed by atoms with Crippen LogP contribution >= 0.6 is 11.8 Å². The number of nitro benzene ring substituents is 2. The first kappa shape index (κ1) is 15.7. The standard InChI is InChI=1S/C14H10N4O5S/c1-23-9-3-4-10-11(7-9)16-14(15-10)24-13-5-2-8(17(19)20)6-12(13)18(21)22/h2-7H,1H3,(H,15,16). The van der Waals surface area contributed by atoms with Gasteiger partial charge in [0.15, 0.2) is 5.16 Å². The Morgan fingerprint density at radius 3 is 2.58 bits per heavy atom. The van der Waals surface area contributed by atoms with E-state index in [0.29, 0.717) is 16.4 Å². The van der Waals surface area contributed by atoms with Crippen molar-refractivity contribution in [1.29, 1.82) is 0 Å². The van der Waals surface area contributed by atoms with Gasteiger partial charge in [0.1, 0.15) is 5.75 Å². The molecule has 0 amide bonds. The van der Waals surface area contributed by atoms with Crippen LogP contribution in [0.1, 0.15) is 0 Å². The number of methoxy groups -OCH3 is 1. The lowest BCUT2D eigenvalue weighted by Gasteiger charge is -2.00. The van der Waals surface area contributed by atoms with E-state index in [-0.39, 0.29) is 16.3 Å². The van der Waals surface area contributed by atoms with Crippen molar-refractivity contribution in [1.82, 2.24) is 9.97 Å². The van der Waals surface area contributed by atoms with Crippen LogP contribution in [0.25, 0.3) is 11.0 Å². The van der Waals surface area contributed by atoms with Crippen LogP contribution in [0.2, 0.25) is 0 Å². The van der Waals surface area contributed by atoms with Crippen LogP contribution in [0.5, 0.6) is 5.75 Å². The average molecular weight is 346 g/mol. The number of nitro groups is 2. The largest absolute Gasteiger partial charge is 0.497 e. The molecule has 1 aromatic heterocycles. The highest BCUT2D eigenvalue weighted by Crippen LogP contribution is 2.36. The van der Waals surface area contributed by atoms with Crippen molar-refractivity contribution in [2.75, 3.05) is 7.11 Å². The maximum Gasteiger partial charge on any atom is 0.290 e. The molecule has 0 saturated heterocycles. The molecular formula is C14H10N4O5S. The van der Waals surface area contributed by atoms with Crippen molar-refractivity contribution in [2.24, 2.45) is 0 Å². The van der Waals surface area contributed by atoms with Crippen LogP contribution in [0.15, 0.2) is 46.5 Å². The topological polar surface area (TPSA) is 124 Å². The van der Waals surface area contributed by atoms with Gasteiger partial charge in [0.2, 0.25) is 0 Å². The van der Waals surface area contributed by atoms with Crippen LogP contribution < -0.4 is 4.74 Å². The zero-order chi connectivity index (χ0) is 17.3. The predicted octanol–water partition coefficient (Wildman–Crippen LogP) is 3.54. The van der Waals surface area contributed by atoms with Crippen LogP contribution in [0, 0.1) is 20.2 Å². The van der Waals surface area contributed by atoms with Crippen molar-refractivity contribution < 1.29 is 14.6 Å². The number of hydrogen-bond acceptors (Lipinski definition) is 7. The van der Waals surface area contributed by atoms with E-state index >= 15 is 0 Å². The molecular weight excluding hydrogens is 336 g/mol. The molecule has 0 bridgehead atoms. The fraction of sp³-hybridized carbons (Fsp3) is 0.0714.